The fraction of sp³-hybridized carbons (Fsp3) is 0.227. The maximum atomic E-state index is 12.1. The summed E-state index contributed by atoms with van der Waals surface area (Å²) in [5.74, 6) is 5.30. The Bertz CT molecular complexity index is 1160. The van der Waals surface area contributed by atoms with Crippen molar-refractivity contribution >= 4 is 17.5 Å². The fourth-order valence-electron chi connectivity index (χ4n) is 3.29. The number of rotatable bonds is 2. The quantitative estimate of drug-likeness (QED) is 0.524. The molecule has 146 valence electrons. The van der Waals surface area contributed by atoms with Gasteiger partial charge in [-0.3, -0.25) is 4.79 Å². The summed E-state index contributed by atoms with van der Waals surface area (Å²) in [6.45, 7) is 2.45. The summed E-state index contributed by atoms with van der Waals surface area (Å²) < 4.78 is 1.79. The lowest BCUT2D eigenvalue weighted by molar-refractivity contribution is -0.137. The molecule has 1 aromatic carbocycles. The lowest BCUT2D eigenvalue weighted by Crippen LogP contribution is -2.37. The average Bonchev–Trinajstić information content (AvgIpc) is 3.25. The second-order valence-corrected chi connectivity index (χ2v) is 7.47. The van der Waals surface area contributed by atoms with Crippen molar-refractivity contribution in [3.63, 3.8) is 0 Å². The number of carbonyl (C=O) groups excluding carboxylic acids is 1. The van der Waals surface area contributed by atoms with E-state index in [9.17, 15) is 9.90 Å². The summed E-state index contributed by atoms with van der Waals surface area (Å²) in [5, 5.41) is 15.2. The minimum absolute atomic E-state index is 0.303. The molecule has 3 heterocycles. The number of hydrogen-bond donors (Lipinski definition) is 1. The summed E-state index contributed by atoms with van der Waals surface area (Å²) in [4.78, 5) is 18.0. The molecule has 3 aromatic rings. The van der Waals surface area contributed by atoms with Gasteiger partial charge in [0.05, 0.1) is 11.4 Å². The highest BCUT2D eigenvalue weighted by molar-refractivity contribution is 6.29. The van der Waals surface area contributed by atoms with E-state index in [1.54, 1.807) is 24.0 Å². The zero-order valence-electron chi connectivity index (χ0n) is 16.1. The van der Waals surface area contributed by atoms with E-state index in [4.69, 9.17) is 11.6 Å². The second kappa shape index (κ2) is 7.36. The first kappa shape index (κ1) is 19.2. The minimum atomic E-state index is -1.62. The van der Waals surface area contributed by atoms with Crippen LogP contribution in [0, 0.1) is 18.8 Å². The Morgan fingerprint density at radius 3 is 2.76 bits per heavy atom. The van der Waals surface area contributed by atoms with Crippen LogP contribution >= 0.6 is 11.6 Å². The van der Waals surface area contributed by atoms with Gasteiger partial charge in [-0.05, 0) is 31.2 Å². The van der Waals surface area contributed by atoms with Gasteiger partial charge < -0.3 is 10.0 Å². The Morgan fingerprint density at radius 1 is 1.24 bits per heavy atom. The molecule has 1 N–H and O–H groups in total. The van der Waals surface area contributed by atoms with Gasteiger partial charge in [-0.15, -0.1) is 0 Å². The van der Waals surface area contributed by atoms with Gasteiger partial charge >= 0.3 is 0 Å². The van der Waals surface area contributed by atoms with Crippen LogP contribution in [0.5, 0.6) is 0 Å². The molecule has 2 aromatic heterocycles. The monoisotopic (exact) mass is 406 g/mol. The molecule has 0 aliphatic carbocycles. The van der Waals surface area contributed by atoms with Gasteiger partial charge in [0.1, 0.15) is 5.15 Å². The number of aromatic nitrogens is 3. The second-order valence-electron chi connectivity index (χ2n) is 7.09. The lowest BCUT2D eigenvalue weighted by Gasteiger charge is -2.13. The molecule has 1 fully saturated rings. The number of hydrogen-bond acceptors (Lipinski definition) is 4. The molecule has 0 bridgehead atoms. The van der Waals surface area contributed by atoms with Gasteiger partial charge in [-0.1, -0.05) is 35.6 Å². The van der Waals surface area contributed by atoms with Crippen molar-refractivity contribution in [3.8, 4) is 28.8 Å². The maximum Gasteiger partial charge on any atom is 0.267 e. The molecular formula is C22H19ClN4O2. The molecule has 7 heteroatoms. The Kier molecular flexibility index (Phi) is 4.87. The fourth-order valence-corrected chi connectivity index (χ4v) is 3.50. The Morgan fingerprint density at radius 2 is 2.07 bits per heavy atom. The third-order valence-corrected chi connectivity index (χ3v) is 5.13. The van der Waals surface area contributed by atoms with E-state index in [1.807, 2.05) is 43.3 Å². The van der Waals surface area contributed by atoms with Gasteiger partial charge in [0.15, 0.2) is 0 Å². The third-order valence-electron chi connectivity index (χ3n) is 4.94. The lowest BCUT2D eigenvalue weighted by atomic mass is 10.0. The average molecular weight is 407 g/mol. The van der Waals surface area contributed by atoms with Crippen LogP contribution in [0.1, 0.15) is 17.7 Å². The zero-order valence-corrected chi connectivity index (χ0v) is 16.8. The van der Waals surface area contributed by atoms with Crippen LogP contribution in [0.3, 0.4) is 0 Å². The molecule has 4 rings (SSSR count). The summed E-state index contributed by atoms with van der Waals surface area (Å²) in [6, 6.07) is 13.0. The van der Waals surface area contributed by atoms with Crippen molar-refractivity contribution in [1.29, 1.82) is 0 Å². The Labute approximate surface area is 173 Å². The molecule has 1 amide bonds. The van der Waals surface area contributed by atoms with E-state index in [0.29, 0.717) is 29.4 Å². The Hall–Kier alpha value is -3.14. The van der Waals surface area contributed by atoms with Crippen molar-refractivity contribution in [1.82, 2.24) is 19.7 Å². The molecular weight excluding hydrogens is 388 g/mol. The highest BCUT2D eigenvalue weighted by Gasteiger charge is 2.42. The number of aliphatic hydroxyl groups is 1. The normalized spacial score (nSPS) is 18.6. The molecule has 1 saturated heterocycles. The first-order valence-corrected chi connectivity index (χ1v) is 9.54. The highest BCUT2D eigenvalue weighted by Crippen LogP contribution is 2.25. The van der Waals surface area contributed by atoms with Gasteiger partial charge in [0.2, 0.25) is 5.60 Å². The van der Waals surface area contributed by atoms with Crippen LogP contribution in [-0.2, 0) is 4.79 Å². The summed E-state index contributed by atoms with van der Waals surface area (Å²) in [6.07, 6.45) is 2.03. The molecule has 1 aliphatic rings. The first-order chi connectivity index (χ1) is 13.9. The van der Waals surface area contributed by atoms with E-state index < -0.39 is 5.60 Å². The van der Waals surface area contributed by atoms with E-state index in [-0.39, 0.29) is 5.91 Å². The third kappa shape index (κ3) is 3.75. The first-order valence-electron chi connectivity index (χ1n) is 9.16. The summed E-state index contributed by atoms with van der Waals surface area (Å²) in [5.41, 5.74) is 2.36. The largest absolute Gasteiger partial charge is 0.369 e. The van der Waals surface area contributed by atoms with Crippen LogP contribution in [0.4, 0.5) is 0 Å². The van der Waals surface area contributed by atoms with Gasteiger partial charge in [0.25, 0.3) is 5.91 Å². The SMILES string of the molecule is Cc1ccnn1-c1cc(Cl)nc(-c2cccc(C#C[C@]3(O)CCN(C)C3=O)c2)c1. The Balaban J connectivity index is 1.69. The number of pyridine rings is 1. The number of likely N-dealkylation sites (tertiary alicyclic amines) is 1. The van der Waals surface area contributed by atoms with Crippen molar-refractivity contribution < 1.29 is 9.90 Å². The van der Waals surface area contributed by atoms with Crippen LogP contribution in [0.25, 0.3) is 16.9 Å². The smallest absolute Gasteiger partial charge is 0.267 e. The number of likely N-dealkylation sites (N-methyl/N-ethyl adjacent to an activating group) is 1. The van der Waals surface area contributed by atoms with Crippen LogP contribution in [0.2, 0.25) is 5.15 Å². The van der Waals surface area contributed by atoms with Crippen molar-refractivity contribution in [2.24, 2.45) is 0 Å². The predicted octanol–water partition coefficient (Wildman–Crippen LogP) is 2.84. The van der Waals surface area contributed by atoms with E-state index in [1.165, 1.54) is 4.90 Å². The molecule has 0 saturated carbocycles. The molecule has 29 heavy (non-hydrogen) atoms. The minimum Gasteiger partial charge on any atom is -0.369 e. The highest BCUT2D eigenvalue weighted by atomic mass is 35.5. The molecule has 1 atom stereocenters. The molecule has 0 unspecified atom stereocenters. The number of benzene rings is 1. The van der Waals surface area contributed by atoms with Gasteiger partial charge in [-0.2, -0.15) is 5.10 Å². The molecule has 6 nitrogen and oxygen atoms in total. The van der Waals surface area contributed by atoms with E-state index in [2.05, 4.69) is 21.9 Å². The maximum absolute atomic E-state index is 12.1. The van der Waals surface area contributed by atoms with Gasteiger partial charge in [-0.25, -0.2) is 9.67 Å². The van der Waals surface area contributed by atoms with Crippen molar-refractivity contribution in [3.05, 3.63) is 65.1 Å². The van der Waals surface area contributed by atoms with Crippen molar-refractivity contribution in [2.75, 3.05) is 13.6 Å². The predicted molar refractivity (Wildman–Crippen MR) is 111 cm³/mol. The summed E-state index contributed by atoms with van der Waals surface area (Å²) in [7, 11) is 1.66. The standard InChI is InChI=1S/C22H19ClN4O2/c1-15-7-10-24-27(15)18-13-19(25-20(23)14-18)17-5-3-4-16(12-17)6-8-22(29)9-11-26(2)21(22)28/h3-5,7,10,12-14,29H,9,11H2,1-2H3/t22-/m0/s1. The number of halogens is 1. The van der Waals surface area contributed by atoms with Crippen LogP contribution in [0.15, 0.2) is 48.7 Å². The zero-order chi connectivity index (χ0) is 20.6. The van der Waals surface area contributed by atoms with Gasteiger partial charge in [0, 0.05) is 49.1 Å². The van der Waals surface area contributed by atoms with Crippen LogP contribution in [-0.4, -0.2) is 49.9 Å². The summed E-state index contributed by atoms with van der Waals surface area (Å²) >= 11 is 6.25. The molecule has 0 radical (unpaired) electrons. The number of carbonyl (C=O) groups is 1. The van der Waals surface area contributed by atoms with E-state index in [0.717, 1.165) is 16.9 Å². The van der Waals surface area contributed by atoms with Crippen molar-refractivity contribution in [2.45, 2.75) is 18.9 Å². The van der Waals surface area contributed by atoms with E-state index >= 15 is 0 Å². The number of aryl methyl sites for hydroxylation is 1. The topological polar surface area (TPSA) is 71.2 Å². The number of amides is 1. The number of nitrogens with zero attached hydrogens (tertiary/aromatic N) is 4. The molecule has 0 spiro atoms. The van der Waals surface area contributed by atoms with Crippen LogP contribution < -0.4 is 0 Å². The molecule has 1 aliphatic heterocycles.